The van der Waals surface area contributed by atoms with Gasteiger partial charge in [0.2, 0.25) is 0 Å². The number of benzene rings is 1. The Hall–Kier alpha value is -0.893. The molecule has 1 aliphatic heterocycles. The van der Waals surface area contributed by atoms with Crippen molar-refractivity contribution in [2.45, 2.75) is 51.3 Å². The third-order valence-electron chi connectivity index (χ3n) is 4.70. The number of fused-ring (bicyclic) bond motifs is 1. The molecule has 0 radical (unpaired) electrons. The van der Waals surface area contributed by atoms with Gasteiger partial charge in [-0.1, -0.05) is 35.6 Å². The molecule has 0 N–H and O–H groups in total. The van der Waals surface area contributed by atoms with Gasteiger partial charge < -0.3 is 9.47 Å². The van der Waals surface area contributed by atoms with Crippen molar-refractivity contribution in [2.75, 3.05) is 19.8 Å². The van der Waals surface area contributed by atoms with Gasteiger partial charge in [0.1, 0.15) is 6.73 Å². The summed E-state index contributed by atoms with van der Waals surface area (Å²) in [7, 11) is -1.13. The van der Waals surface area contributed by atoms with Crippen LogP contribution in [0.5, 0.6) is 0 Å². The lowest BCUT2D eigenvalue weighted by Crippen LogP contribution is -2.31. The van der Waals surface area contributed by atoms with E-state index in [9.17, 15) is 4.79 Å². The van der Waals surface area contributed by atoms with Gasteiger partial charge in [-0.3, -0.25) is 9.13 Å². The van der Waals surface area contributed by atoms with Crippen molar-refractivity contribution in [3.63, 3.8) is 0 Å². The van der Waals surface area contributed by atoms with Crippen LogP contribution in [0.1, 0.15) is 18.9 Å². The molecule has 1 aromatic carbocycles. The van der Waals surface area contributed by atoms with Gasteiger partial charge >= 0.3 is 5.69 Å². The van der Waals surface area contributed by atoms with Gasteiger partial charge in [0, 0.05) is 38.4 Å². The van der Waals surface area contributed by atoms with Gasteiger partial charge in [0.05, 0.1) is 11.0 Å². The molecule has 138 valence electrons. The first-order valence-corrected chi connectivity index (χ1v) is 13.4. The largest absolute Gasteiger partial charge is 0.381 e. The minimum absolute atomic E-state index is 0.0213. The molecule has 25 heavy (non-hydrogen) atoms. The van der Waals surface area contributed by atoms with Crippen molar-refractivity contribution >= 4 is 35.0 Å². The minimum atomic E-state index is -1.13. The molecule has 2 aromatic rings. The summed E-state index contributed by atoms with van der Waals surface area (Å²) in [5, 5.41) is 0. The van der Waals surface area contributed by atoms with Crippen molar-refractivity contribution in [1.29, 1.82) is 0 Å². The Bertz CT molecular complexity index is 788. The van der Waals surface area contributed by atoms with Crippen molar-refractivity contribution in [2.24, 2.45) is 0 Å². The van der Waals surface area contributed by atoms with Crippen LogP contribution in [0.3, 0.4) is 0 Å². The summed E-state index contributed by atoms with van der Waals surface area (Å²) in [6.45, 7) is 9.44. The van der Waals surface area contributed by atoms with E-state index >= 15 is 0 Å². The maximum absolute atomic E-state index is 13.1. The zero-order chi connectivity index (χ0) is 18.0. The second-order valence-electron chi connectivity index (χ2n) is 7.91. The summed E-state index contributed by atoms with van der Waals surface area (Å²) >= 11 is 3.52. The Labute approximate surface area is 158 Å². The van der Waals surface area contributed by atoms with E-state index < -0.39 is 8.07 Å². The highest BCUT2D eigenvalue weighted by atomic mass is 79.9. The van der Waals surface area contributed by atoms with E-state index in [2.05, 4.69) is 35.6 Å². The smallest absolute Gasteiger partial charge is 0.331 e. The zero-order valence-corrected chi connectivity index (χ0v) is 17.8. The van der Waals surface area contributed by atoms with Crippen LogP contribution in [0.15, 0.2) is 27.5 Å². The van der Waals surface area contributed by atoms with Crippen LogP contribution in [0.25, 0.3) is 11.0 Å². The Morgan fingerprint density at radius 3 is 2.64 bits per heavy atom. The molecule has 0 amide bonds. The first-order valence-electron chi connectivity index (χ1n) is 8.92. The van der Waals surface area contributed by atoms with Crippen LogP contribution in [0.2, 0.25) is 25.7 Å². The van der Waals surface area contributed by atoms with E-state index in [0.717, 1.165) is 34.4 Å². The second-order valence-corrected chi connectivity index (χ2v) is 14.4. The lowest BCUT2D eigenvalue weighted by molar-refractivity contribution is 0.0670. The molecule has 1 aromatic heterocycles. The number of aromatic nitrogens is 2. The van der Waals surface area contributed by atoms with Gasteiger partial charge in [0.25, 0.3) is 0 Å². The summed E-state index contributed by atoms with van der Waals surface area (Å²) in [5.74, 6) is 0. The highest BCUT2D eigenvalue weighted by Crippen LogP contribution is 2.26. The van der Waals surface area contributed by atoms with Crippen LogP contribution in [0, 0.1) is 0 Å². The number of halogens is 1. The summed E-state index contributed by atoms with van der Waals surface area (Å²) in [6, 6.07) is 7.33. The van der Waals surface area contributed by atoms with Crippen molar-refractivity contribution in [3.8, 4) is 0 Å². The van der Waals surface area contributed by atoms with E-state index in [4.69, 9.17) is 9.47 Å². The summed E-state index contributed by atoms with van der Waals surface area (Å²) in [6.07, 6.45) is 1.76. The van der Waals surface area contributed by atoms with Gasteiger partial charge in [-0.25, -0.2) is 4.79 Å². The normalized spacial score (nSPS) is 16.6. The van der Waals surface area contributed by atoms with Crippen LogP contribution in [-0.4, -0.2) is 37.0 Å². The number of imidazole rings is 1. The molecule has 2 heterocycles. The third-order valence-corrected chi connectivity index (χ3v) is 6.89. The first kappa shape index (κ1) is 18.9. The van der Waals surface area contributed by atoms with Crippen molar-refractivity contribution < 1.29 is 9.47 Å². The van der Waals surface area contributed by atoms with E-state index in [-0.39, 0.29) is 11.7 Å². The molecule has 5 nitrogen and oxygen atoms in total. The molecule has 0 bridgehead atoms. The van der Waals surface area contributed by atoms with Crippen molar-refractivity contribution in [1.82, 2.24) is 9.13 Å². The quantitative estimate of drug-likeness (QED) is 0.512. The Kier molecular flexibility index (Phi) is 5.87. The fraction of sp³-hybridized carbons (Fsp3) is 0.611. The minimum Gasteiger partial charge on any atom is -0.381 e. The van der Waals surface area contributed by atoms with E-state index in [1.165, 1.54) is 0 Å². The molecular weight excluding hydrogens is 400 g/mol. The Morgan fingerprint density at radius 1 is 1.24 bits per heavy atom. The van der Waals surface area contributed by atoms with Gasteiger partial charge in [0.15, 0.2) is 0 Å². The van der Waals surface area contributed by atoms with Crippen LogP contribution >= 0.6 is 15.9 Å². The third kappa shape index (κ3) is 4.45. The Morgan fingerprint density at radius 2 is 1.96 bits per heavy atom. The SMILES string of the molecule is C[Si](C)(C)CCOCn1c(=O)n(C2CCOCC2)c2ccc(Br)cc21. The highest BCUT2D eigenvalue weighted by molar-refractivity contribution is 9.10. The number of ether oxygens (including phenoxy) is 2. The maximum atomic E-state index is 13.1. The molecule has 3 rings (SSSR count). The molecule has 0 aliphatic carbocycles. The molecule has 1 fully saturated rings. The average molecular weight is 427 g/mol. The fourth-order valence-electron chi connectivity index (χ4n) is 3.21. The van der Waals surface area contributed by atoms with Crippen LogP contribution in [0.4, 0.5) is 0 Å². The number of nitrogens with zero attached hydrogens (tertiary/aromatic N) is 2. The fourth-order valence-corrected chi connectivity index (χ4v) is 4.31. The standard InChI is InChI=1S/C18H27BrN2O3Si/c1-25(2,3)11-10-24-13-20-17-12-14(19)4-5-16(17)21(18(20)22)15-6-8-23-9-7-15/h4-5,12,15H,6-11,13H2,1-3H3. The molecule has 1 aliphatic rings. The molecule has 0 saturated carbocycles. The molecule has 7 heteroatoms. The molecule has 0 unspecified atom stereocenters. The van der Waals surface area contributed by atoms with Crippen molar-refractivity contribution in [3.05, 3.63) is 33.2 Å². The van der Waals surface area contributed by atoms with E-state index in [1.807, 2.05) is 22.8 Å². The van der Waals surface area contributed by atoms with Crippen LogP contribution < -0.4 is 5.69 Å². The second kappa shape index (κ2) is 7.78. The predicted molar refractivity (Wildman–Crippen MR) is 107 cm³/mol. The van der Waals surface area contributed by atoms with Gasteiger partial charge in [-0.15, -0.1) is 0 Å². The lowest BCUT2D eigenvalue weighted by Gasteiger charge is -2.23. The van der Waals surface area contributed by atoms with Crippen LogP contribution in [-0.2, 0) is 16.2 Å². The molecule has 0 spiro atoms. The summed E-state index contributed by atoms with van der Waals surface area (Å²) < 4.78 is 16.0. The van der Waals surface area contributed by atoms with Gasteiger partial charge in [-0.2, -0.15) is 0 Å². The Balaban J connectivity index is 1.90. The molecule has 1 saturated heterocycles. The van der Waals surface area contributed by atoms with E-state index in [1.54, 1.807) is 4.57 Å². The van der Waals surface area contributed by atoms with Gasteiger partial charge in [-0.05, 0) is 37.1 Å². The zero-order valence-electron chi connectivity index (χ0n) is 15.3. The monoisotopic (exact) mass is 426 g/mol. The van der Waals surface area contributed by atoms with E-state index in [0.29, 0.717) is 26.6 Å². The predicted octanol–water partition coefficient (Wildman–Crippen LogP) is 4.23. The highest BCUT2D eigenvalue weighted by Gasteiger charge is 2.23. The maximum Gasteiger partial charge on any atom is 0.331 e. The summed E-state index contributed by atoms with van der Waals surface area (Å²) in [5.41, 5.74) is 1.93. The average Bonchev–Trinajstić information content (AvgIpc) is 2.83. The number of hydrogen-bond donors (Lipinski definition) is 0. The first-order chi connectivity index (χ1) is 11.9. The number of hydrogen-bond acceptors (Lipinski definition) is 3. The molecular formula is C18H27BrN2O3Si. The topological polar surface area (TPSA) is 45.4 Å². The molecule has 0 atom stereocenters. The summed E-state index contributed by atoms with van der Waals surface area (Å²) in [4.78, 5) is 13.1. The lowest BCUT2D eigenvalue weighted by atomic mass is 10.1. The number of rotatable bonds is 6.